The number of likely N-dealkylation sites (tertiary alicyclic amines) is 1. The molecule has 2 unspecified atom stereocenters. The molecule has 1 N–H and O–H groups in total. The first kappa shape index (κ1) is 11.9. The average Bonchev–Trinajstić information content (AvgIpc) is 2.51. The van der Waals surface area contributed by atoms with E-state index < -0.39 is 11.4 Å². The highest BCUT2D eigenvalue weighted by molar-refractivity contribution is 5.74. The molecule has 0 aromatic heterocycles. The summed E-state index contributed by atoms with van der Waals surface area (Å²) in [4.78, 5) is 13.5. The van der Waals surface area contributed by atoms with Crippen LogP contribution in [0.3, 0.4) is 0 Å². The predicted molar refractivity (Wildman–Crippen MR) is 60.4 cm³/mol. The normalized spacial score (nSPS) is 37.2. The lowest BCUT2D eigenvalue weighted by Crippen LogP contribution is -2.37. The van der Waals surface area contributed by atoms with E-state index in [9.17, 15) is 9.90 Å². The van der Waals surface area contributed by atoms with E-state index in [1.54, 1.807) is 0 Å². The predicted octanol–water partition coefficient (Wildman–Crippen LogP) is 1.35. The Morgan fingerprint density at radius 1 is 1.44 bits per heavy atom. The van der Waals surface area contributed by atoms with Crippen molar-refractivity contribution in [3.8, 4) is 0 Å². The molecule has 0 aliphatic carbocycles. The molecule has 0 saturated carbocycles. The lowest BCUT2D eigenvalue weighted by atomic mass is 9.90. The Kier molecular flexibility index (Phi) is 3.50. The van der Waals surface area contributed by atoms with Gasteiger partial charge in [0.15, 0.2) is 0 Å². The van der Waals surface area contributed by atoms with Gasteiger partial charge in [0.25, 0.3) is 0 Å². The SMILES string of the molecule is CC1(C(=O)O)CCN(C2CCCOCC2)C1. The van der Waals surface area contributed by atoms with E-state index in [2.05, 4.69) is 4.90 Å². The number of hydrogen-bond donors (Lipinski definition) is 1. The molecule has 2 atom stereocenters. The van der Waals surface area contributed by atoms with Crippen LogP contribution in [0.15, 0.2) is 0 Å². The third kappa shape index (κ3) is 2.38. The highest BCUT2D eigenvalue weighted by atomic mass is 16.5. The van der Waals surface area contributed by atoms with Gasteiger partial charge in [0, 0.05) is 25.8 Å². The Bertz CT molecular complexity index is 261. The Morgan fingerprint density at radius 2 is 2.25 bits per heavy atom. The highest BCUT2D eigenvalue weighted by Crippen LogP contribution is 2.33. The summed E-state index contributed by atoms with van der Waals surface area (Å²) in [6.45, 7) is 5.18. The van der Waals surface area contributed by atoms with Crippen LogP contribution in [0.1, 0.15) is 32.6 Å². The zero-order valence-electron chi connectivity index (χ0n) is 9.95. The van der Waals surface area contributed by atoms with E-state index in [0.29, 0.717) is 12.6 Å². The summed E-state index contributed by atoms with van der Waals surface area (Å²) in [5.74, 6) is -0.653. The molecule has 2 heterocycles. The van der Waals surface area contributed by atoms with E-state index in [-0.39, 0.29) is 0 Å². The maximum Gasteiger partial charge on any atom is 0.310 e. The molecule has 0 radical (unpaired) electrons. The van der Waals surface area contributed by atoms with Gasteiger partial charge >= 0.3 is 5.97 Å². The molecule has 0 aromatic carbocycles. The summed E-state index contributed by atoms with van der Waals surface area (Å²) in [7, 11) is 0. The van der Waals surface area contributed by atoms with E-state index in [4.69, 9.17) is 4.74 Å². The van der Waals surface area contributed by atoms with Gasteiger partial charge in [0.2, 0.25) is 0 Å². The summed E-state index contributed by atoms with van der Waals surface area (Å²) in [6, 6.07) is 0.531. The van der Waals surface area contributed by atoms with Crippen molar-refractivity contribution in [2.45, 2.75) is 38.6 Å². The highest BCUT2D eigenvalue weighted by Gasteiger charge is 2.42. The van der Waals surface area contributed by atoms with Crippen molar-refractivity contribution in [3.63, 3.8) is 0 Å². The monoisotopic (exact) mass is 227 g/mol. The van der Waals surface area contributed by atoms with Gasteiger partial charge in [-0.1, -0.05) is 0 Å². The summed E-state index contributed by atoms with van der Waals surface area (Å²) in [6.07, 6.45) is 4.08. The zero-order chi connectivity index (χ0) is 11.6. The standard InChI is InChI=1S/C12H21NO3/c1-12(11(14)15)5-6-13(9-12)10-3-2-7-16-8-4-10/h10H,2-9H2,1H3,(H,14,15). The quantitative estimate of drug-likeness (QED) is 0.773. The number of carboxylic acid groups (broad SMARTS) is 1. The number of hydrogen-bond acceptors (Lipinski definition) is 3. The molecular weight excluding hydrogens is 206 g/mol. The molecule has 2 rings (SSSR count). The molecular formula is C12H21NO3. The Labute approximate surface area is 96.6 Å². The molecule has 4 heteroatoms. The second kappa shape index (κ2) is 4.72. The van der Waals surface area contributed by atoms with Crippen molar-refractivity contribution >= 4 is 5.97 Å². The minimum absolute atomic E-state index is 0.531. The fraction of sp³-hybridized carbons (Fsp3) is 0.917. The fourth-order valence-electron chi connectivity index (χ4n) is 2.73. The second-order valence-electron chi connectivity index (χ2n) is 5.28. The third-order valence-corrected chi connectivity index (χ3v) is 3.96. The van der Waals surface area contributed by atoms with Crippen LogP contribution in [-0.4, -0.2) is 48.3 Å². The van der Waals surface area contributed by atoms with Gasteiger partial charge in [0.1, 0.15) is 0 Å². The largest absolute Gasteiger partial charge is 0.481 e. The van der Waals surface area contributed by atoms with E-state index >= 15 is 0 Å². The maximum absolute atomic E-state index is 11.2. The van der Waals surface area contributed by atoms with Gasteiger partial charge in [-0.15, -0.1) is 0 Å². The van der Waals surface area contributed by atoms with Crippen molar-refractivity contribution in [3.05, 3.63) is 0 Å². The van der Waals surface area contributed by atoms with E-state index in [1.807, 2.05) is 6.92 Å². The number of aliphatic carboxylic acids is 1. The van der Waals surface area contributed by atoms with Gasteiger partial charge in [0.05, 0.1) is 5.41 Å². The smallest absolute Gasteiger partial charge is 0.310 e. The van der Waals surface area contributed by atoms with Crippen molar-refractivity contribution in [1.82, 2.24) is 4.90 Å². The van der Waals surface area contributed by atoms with Crippen LogP contribution < -0.4 is 0 Å². The van der Waals surface area contributed by atoms with Gasteiger partial charge in [-0.05, 0) is 39.2 Å². The first-order chi connectivity index (χ1) is 7.62. The van der Waals surface area contributed by atoms with Crippen molar-refractivity contribution in [1.29, 1.82) is 0 Å². The molecule has 0 aromatic rings. The number of ether oxygens (including phenoxy) is 1. The van der Waals surface area contributed by atoms with E-state index in [1.165, 1.54) is 0 Å². The third-order valence-electron chi connectivity index (χ3n) is 3.96. The molecule has 92 valence electrons. The molecule has 16 heavy (non-hydrogen) atoms. The fourth-order valence-corrected chi connectivity index (χ4v) is 2.73. The Balaban J connectivity index is 1.94. The Morgan fingerprint density at radius 3 is 2.94 bits per heavy atom. The number of nitrogens with zero attached hydrogens (tertiary/aromatic N) is 1. The summed E-state index contributed by atoms with van der Waals surface area (Å²) < 4.78 is 5.44. The van der Waals surface area contributed by atoms with Crippen LogP contribution in [0.25, 0.3) is 0 Å². The molecule has 2 aliphatic heterocycles. The number of rotatable bonds is 2. The molecule has 4 nitrogen and oxygen atoms in total. The minimum atomic E-state index is -0.653. The Hall–Kier alpha value is -0.610. The molecule has 0 amide bonds. The van der Waals surface area contributed by atoms with Crippen LogP contribution in [-0.2, 0) is 9.53 Å². The van der Waals surface area contributed by atoms with Crippen LogP contribution in [0.4, 0.5) is 0 Å². The van der Waals surface area contributed by atoms with Crippen LogP contribution in [0, 0.1) is 5.41 Å². The molecule has 0 spiro atoms. The summed E-state index contributed by atoms with van der Waals surface area (Å²) in [5, 5.41) is 9.19. The molecule has 0 bridgehead atoms. The van der Waals surface area contributed by atoms with Gasteiger partial charge in [-0.25, -0.2) is 0 Å². The van der Waals surface area contributed by atoms with Gasteiger partial charge in [-0.3, -0.25) is 9.69 Å². The van der Waals surface area contributed by atoms with Crippen LogP contribution >= 0.6 is 0 Å². The number of carboxylic acids is 1. The minimum Gasteiger partial charge on any atom is -0.481 e. The second-order valence-corrected chi connectivity index (χ2v) is 5.28. The molecule has 2 saturated heterocycles. The van der Waals surface area contributed by atoms with Crippen molar-refractivity contribution in [2.75, 3.05) is 26.3 Å². The van der Waals surface area contributed by atoms with E-state index in [0.717, 1.165) is 45.4 Å². The lowest BCUT2D eigenvalue weighted by Gasteiger charge is -2.27. The zero-order valence-corrected chi connectivity index (χ0v) is 9.95. The summed E-state index contributed by atoms with van der Waals surface area (Å²) >= 11 is 0. The van der Waals surface area contributed by atoms with Crippen LogP contribution in [0.5, 0.6) is 0 Å². The van der Waals surface area contributed by atoms with Gasteiger partial charge in [-0.2, -0.15) is 0 Å². The van der Waals surface area contributed by atoms with Crippen molar-refractivity contribution in [2.24, 2.45) is 5.41 Å². The first-order valence-corrected chi connectivity index (χ1v) is 6.17. The average molecular weight is 227 g/mol. The summed E-state index contributed by atoms with van der Waals surface area (Å²) in [5.41, 5.74) is -0.535. The van der Waals surface area contributed by atoms with Crippen molar-refractivity contribution < 1.29 is 14.6 Å². The molecule has 2 aliphatic rings. The van der Waals surface area contributed by atoms with Gasteiger partial charge < -0.3 is 9.84 Å². The first-order valence-electron chi connectivity index (χ1n) is 6.17. The topological polar surface area (TPSA) is 49.8 Å². The molecule has 2 fully saturated rings. The lowest BCUT2D eigenvalue weighted by molar-refractivity contribution is -0.147. The number of carbonyl (C=O) groups is 1. The maximum atomic E-state index is 11.2. The van der Waals surface area contributed by atoms with Crippen LogP contribution in [0.2, 0.25) is 0 Å².